The minimum absolute atomic E-state index is 0.129. The van der Waals surface area contributed by atoms with Gasteiger partial charge in [-0.2, -0.15) is 0 Å². The normalized spacial score (nSPS) is 14.5. The Labute approximate surface area is 98.3 Å². The fraction of sp³-hybridized carbons (Fsp3) is 0.917. The fourth-order valence-electron chi connectivity index (χ4n) is 1.02. The van der Waals surface area contributed by atoms with Gasteiger partial charge in [-0.3, -0.25) is 0 Å². The van der Waals surface area contributed by atoms with Crippen molar-refractivity contribution >= 4 is 5.97 Å². The molecule has 4 heteroatoms. The molecule has 0 N–H and O–H groups in total. The summed E-state index contributed by atoms with van der Waals surface area (Å²) >= 11 is 0. The summed E-state index contributed by atoms with van der Waals surface area (Å²) in [5.41, 5.74) is -0.886. The lowest BCUT2D eigenvalue weighted by atomic mass is 10.0. The lowest BCUT2D eigenvalue weighted by molar-refractivity contribution is -0.187. The zero-order chi connectivity index (χ0) is 12.4. The standard InChI is InChI=1S/C12H24O4/c1-5-8-9-15-11(13)12(4,6-2)16-10-14-7-3/h5-10H2,1-4H3. The molecule has 0 aromatic heterocycles. The van der Waals surface area contributed by atoms with E-state index in [2.05, 4.69) is 6.92 Å². The smallest absolute Gasteiger partial charge is 0.338 e. The molecule has 0 bridgehead atoms. The fourth-order valence-corrected chi connectivity index (χ4v) is 1.02. The molecule has 0 heterocycles. The number of carbonyl (C=O) groups is 1. The first-order valence-electron chi connectivity index (χ1n) is 5.99. The lowest BCUT2D eigenvalue weighted by Gasteiger charge is -2.26. The third-order valence-electron chi connectivity index (χ3n) is 2.50. The first-order valence-corrected chi connectivity index (χ1v) is 5.99. The van der Waals surface area contributed by atoms with Crippen molar-refractivity contribution in [2.24, 2.45) is 0 Å². The summed E-state index contributed by atoms with van der Waals surface area (Å²) in [5, 5.41) is 0. The highest BCUT2D eigenvalue weighted by atomic mass is 16.7. The van der Waals surface area contributed by atoms with Gasteiger partial charge in [-0.15, -0.1) is 0 Å². The first kappa shape index (κ1) is 15.4. The molecular formula is C12H24O4. The Balaban J connectivity index is 4.04. The molecule has 0 aliphatic carbocycles. The van der Waals surface area contributed by atoms with E-state index in [0.717, 1.165) is 12.8 Å². The van der Waals surface area contributed by atoms with Crippen LogP contribution in [0.2, 0.25) is 0 Å². The van der Waals surface area contributed by atoms with Crippen LogP contribution >= 0.6 is 0 Å². The van der Waals surface area contributed by atoms with Gasteiger partial charge in [0.2, 0.25) is 0 Å². The molecule has 0 aliphatic rings. The molecule has 0 radical (unpaired) electrons. The maximum absolute atomic E-state index is 11.8. The number of hydrogen-bond donors (Lipinski definition) is 0. The minimum atomic E-state index is -0.886. The van der Waals surface area contributed by atoms with Gasteiger partial charge in [0.15, 0.2) is 5.60 Å². The summed E-state index contributed by atoms with van der Waals surface area (Å²) in [5.74, 6) is -0.303. The maximum atomic E-state index is 11.8. The van der Waals surface area contributed by atoms with Gasteiger partial charge in [0.25, 0.3) is 0 Å². The van der Waals surface area contributed by atoms with Crippen molar-refractivity contribution in [3.05, 3.63) is 0 Å². The number of rotatable bonds is 9. The summed E-state index contributed by atoms with van der Waals surface area (Å²) in [6.07, 6.45) is 2.47. The Hall–Kier alpha value is -0.610. The van der Waals surface area contributed by atoms with Crippen LogP contribution in [0.1, 0.15) is 47.0 Å². The summed E-state index contributed by atoms with van der Waals surface area (Å²) in [6.45, 7) is 8.73. The van der Waals surface area contributed by atoms with E-state index in [0.29, 0.717) is 19.6 Å². The quantitative estimate of drug-likeness (QED) is 0.348. The lowest BCUT2D eigenvalue weighted by Crippen LogP contribution is -2.40. The summed E-state index contributed by atoms with van der Waals surface area (Å²) < 4.78 is 15.6. The molecule has 1 unspecified atom stereocenters. The second-order valence-corrected chi connectivity index (χ2v) is 3.83. The molecule has 0 aliphatic heterocycles. The van der Waals surface area contributed by atoms with Crippen LogP contribution in [0.25, 0.3) is 0 Å². The average Bonchev–Trinajstić information content (AvgIpc) is 2.29. The van der Waals surface area contributed by atoms with E-state index in [1.54, 1.807) is 6.92 Å². The van der Waals surface area contributed by atoms with Gasteiger partial charge in [-0.25, -0.2) is 4.79 Å². The highest BCUT2D eigenvalue weighted by molar-refractivity contribution is 5.79. The van der Waals surface area contributed by atoms with E-state index >= 15 is 0 Å². The van der Waals surface area contributed by atoms with Crippen LogP contribution < -0.4 is 0 Å². The van der Waals surface area contributed by atoms with E-state index in [4.69, 9.17) is 14.2 Å². The van der Waals surface area contributed by atoms with Crippen molar-refractivity contribution in [1.82, 2.24) is 0 Å². The molecule has 96 valence electrons. The van der Waals surface area contributed by atoms with Gasteiger partial charge in [-0.05, 0) is 26.7 Å². The van der Waals surface area contributed by atoms with Gasteiger partial charge in [0, 0.05) is 6.61 Å². The number of unbranched alkanes of at least 4 members (excludes halogenated alkanes) is 1. The third-order valence-corrected chi connectivity index (χ3v) is 2.50. The van der Waals surface area contributed by atoms with E-state index in [1.165, 1.54) is 0 Å². The zero-order valence-electron chi connectivity index (χ0n) is 10.9. The Bertz CT molecular complexity index is 193. The van der Waals surface area contributed by atoms with Crippen LogP contribution in [0.15, 0.2) is 0 Å². The molecule has 0 aromatic rings. The SMILES string of the molecule is CCCCOC(=O)C(C)(CC)OCOCC. The topological polar surface area (TPSA) is 44.8 Å². The van der Waals surface area contributed by atoms with Gasteiger partial charge < -0.3 is 14.2 Å². The van der Waals surface area contributed by atoms with Crippen molar-refractivity contribution in [3.8, 4) is 0 Å². The molecule has 16 heavy (non-hydrogen) atoms. The van der Waals surface area contributed by atoms with Crippen molar-refractivity contribution in [2.75, 3.05) is 20.0 Å². The first-order chi connectivity index (χ1) is 7.60. The molecule has 0 rings (SSSR count). The molecule has 0 saturated heterocycles. The van der Waals surface area contributed by atoms with Gasteiger partial charge in [0.1, 0.15) is 6.79 Å². The van der Waals surface area contributed by atoms with Crippen molar-refractivity contribution < 1.29 is 19.0 Å². The van der Waals surface area contributed by atoms with Crippen molar-refractivity contribution in [3.63, 3.8) is 0 Å². The van der Waals surface area contributed by atoms with E-state index in [9.17, 15) is 4.79 Å². The molecule has 0 aromatic carbocycles. The predicted molar refractivity (Wildman–Crippen MR) is 62.1 cm³/mol. The van der Waals surface area contributed by atoms with Crippen LogP contribution in [0.3, 0.4) is 0 Å². The van der Waals surface area contributed by atoms with Gasteiger partial charge in [0.05, 0.1) is 6.61 Å². The van der Waals surface area contributed by atoms with Crippen LogP contribution in [0.4, 0.5) is 0 Å². The van der Waals surface area contributed by atoms with E-state index in [1.807, 2.05) is 13.8 Å². The second-order valence-electron chi connectivity index (χ2n) is 3.83. The van der Waals surface area contributed by atoms with Gasteiger partial charge >= 0.3 is 5.97 Å². The van der Waals surface area contributed by atoms with Crippen LogP contribution in [0.5, 0.6) is 0 Å². The molecule has 1 atom stereocenters. The Morgan fingerprint density at radius 3 is 2.44 bits per heavy atom. The average molecular weight is 232 g/mol. The van der Waals surface area contributed by atoms with Crippen LogP contribution in [0, 0.1) is 0 Å². The highest BCUT2D eigenvalue weighted by Crippen LogP contribution is 2.17. The Morgan fingerprint density at radius 2 is 1.94 bits per heavy atom. The maximum Gasteiger partial charge on any atom is 0.338 e. The Morgan fingerprint density at radius 1 is 1.25 bits per heavy atom. The Kier molecular flexibility index (Phi) is 8.21. The van der Waals surface area contributed by atoms with Crippen molar-refractivity contribution in [2.45, 2.75) is 52.6 Å². The molecule has 0 saturated carbocycles. The van der Waals surface area contributed by atoms with Gasteiger partial charge in [-0.1, -0.05) is 20.3 Å². The molecule has 4 nitrogen and oxygen atoms in total. The minimum Gasteiger partial charge on any atom is -0.464 e. The summed E-state index contributed by atoms with van der Waals surface area (Å²) in [7, 11) is 0. The predicted octanol–water partition coefficient (Wildman–Crippen LogP) is 2.51. The number of esters is 1. The highest BCUT2D eigenvalue weighted by Gasteiger charge is 2.34. The molecule has 0 spiro atoms. The summed E-state index contributed by atoms with van der Waals surface area (Å²) in [4.78, 5) is 11.8. The number of hydrogen-bond acceptors (Lipinski definition) is 4. The monoisotopic (exact) mass is 232 g/mol. The van der Waals surface area contributed by atoms with E-state index in [-0.39, 0.29) is 12.8 Å². The van der Waals surface area contributed by atoms with Crippen LogP contribution in [-0.4, -0.2) is 31.6 Å². The number of ether oxygens (including phenoxy) is 3. The zero-order valence-corrected chi connectivity index (χ0v) is 10.9. The summed E-state index contributed by atoms with van der Waals surface area (Å²) in [6, 6.07) is 0. The number of carbonyl (C=O) groups excluding carboxylic acids is 1. The largest absolute Gasteiger partial charge is 0.464 e. The molecular weight excluding hydrogens is 208 g/mol. The van der Waals surface area contributed by atoms with E-state index < -0.39 is 5.60 Å². The molecule has 0 amide bonds. The molecule has 0 fully saturated rings. The third kappa shape index (κ3) is 5.47. The van der Waals surface area contributed by atoms with Crippen molar-refractivity contribution in [1.29, 1.82) is 0 Å². The second kappa shape index (κ2) is 8.53. The van der Waals surface area contributed by atoms with Crippen LogP contribution in [-0.2, 0) is 19.0 Å².